The van der Waals surface area contributed by atoms with Crippen LogP contribution >= 0.6 is 15.9 Å². The zero-order valence-electron chi connectivity index (χ0n) is 6.63. The molecule has 0 atom stereocenters. The fraction of sp³-hybridized carbons (Fsp3) is 0.222. The van der Waals surface area contributed by atoms with Crippen molar-refractivity contribution in [3.63, 3.8) is 0 Å². The van der Waals surface area contributed by atoms with Crippen LogP contribution in [0.15, 0.2) is 12.1 Å². The molecule has 0 aliphatic heterocycles. The molecule has 0 unspecified atom stereocenters. The largest absolute Gasteiger partial charge is 0.505 e. The van der Waals surface area contributed by atoms with Gasteiger partial charge in [-0.25, -0.2) is 4.98 Å². The molecule has 0 aromatic carbocycles. The van der Waals surface area contributed by atoms with Crippen LogP contribution in [0.2, 0.25) is 0 Å². The zero-order chi connectivity index (χ0) is 8.97. The molecule has 0 saturated carbocycles. The van der Waals surface area contributed by atoms with E-state index in [1.165, 1.54) is 0 Å². The van der Waals surface area contributed by atoms with Gasteiger partial charge in [0.25, 0.3) is 0 Å². The fourth-order valence-corrected chi connectivity index (χ4v) is 0.899. The predicted octanol–water partition coefficient (Wildman–Crippen LogP) is 1.84. The molecular weight excluding hydrogens is 218 g/mol. The minimum absolute atomic E-state index is 0.133. The monoisotopic (exact) mass is 225 g/mol. The lowest BCUT2D eigenvalue weighted by Gasteiger charge is -1.96. The van der Waals surface area contributed by atoms with Gasteiger partial charge in [-0.05, 0) is 25.0 Å². The van der Waals surface area contributed by atoms with Gasteiger partial charge in [-0.2, -0.15) is 0 Å². The quantitative estimate of drug-likeness (QED) is 0.540. The van der Waals surface area contributed by atoms with Crippen molar-refractivity contribution < 1.29 is 5.11 Å². The van der Waals surface area contributed by atoms with E-state index in [2.05, 4.69) is 32.8 Å². The van der Waals surface area contributed by atoms with Gasteiger partial charge in [0, 0.05) is 5.69 Å². The fourth-order valence-electron chi connectivity index (χ4n) is 0.758. The van der Waals surface area contributed by atoms with Crippen molar-refractivity contribution >= 4 is 15.9 Å². The number of aromatic nitrogens is 1. The average Bonchev–Trinajstić information content (AvgIpc) is 2.07. The number of alkyl halides is 1. The molecule has 0 aliphatic rings. The molecule has 0 amide bonds. The summed E-state index contributed by atoms with van der Waals surface area (Å²) in [5.41, 5.74) is 1.29. The number of hydrogen-bond acceptors (Lipinski definition) is 2. The van der Waals surface area contributed by atoms with E-state index in [4.69, 9.17) is 0 Å². The van der Waals surface area contributed by atoms with Gasteiger partial charge >= 0.3 is 0 Å². The Balaban J connectivity index is 3.05. The van der Waals surface area contributed by atoms with E-state index in [0.717, 1.165) is 5.69 Å². The molecule has 1 N–H and O–H groups in total. The molecule has 1 aromatic rings. The van der Waals surface area contributed by atoms with Gasteiger partial charge < -0.3 is 5.11 Å². The first-order valence-electron chi connectivity index (χ1n) is 3.45. The summed E-state index contributed by atoms with van der Waals surface area (Å²) in [7, 11) is 0. The van der Waals surface area contributed by atoms with Gasteiger partial charge in [0.1, 0.15) is 5.75 Å². The topological polar surface area (TPSA) is 33.1 Å². The number of nitrogens with zero attached hydrogens (tertiary/aromatic N) is 1. The molecule has 1 heterocycles. The Labute approximate surface area is 79.8 Å². The van der Waals surface area contributed by atoms with Crippen molar-refractivity contribution in [3.05, 3.63) is 23.5 Å². The second kappa shape index (κ2) is 4.13. The van der Waals surface area contributed by atoms with Crippen LogP contribution in [-0.4, -0.2) is 15.4 Å². The maximum Gasteiger partial charge on any atom is 0.155 e. The molecule has 0 bridgehead atoms. The van der Waals surface area contributed by atoms with Gasteiger partial charge in [0.05, 0.1) is 5.33 Å². The van der Waals surface area contributed by atoms with Crippen molar-refractivity contribution in [2.75, 3.05) is 5.33 Å². The first-order valence-corrected chi connectivity index (χ1v) is 4.57. The van der Waals surface area contributed by atoms with Crippen molar-refractivity contribution in [2.24, 2.45) is 0 Å². The summed E-state index contributed by atoms with van der Waals surface area (Å²) in [5, 5.41) is 9.87. The summed E-state index contributed by atoms with van der Waals surface area (Å²) >= 11 is 3.17. The van der Waals surface area contributed by atoms with Gasteiger partial charge in [-0.3, -0.25) is 0 Å². The lowest BCUT2D eigenvalue weighted by atomic mass is 10.3. The number of pyridine rings is 1. The van der Waals surface area contributed by atoms with E-state index in [0.29, 0.717) is 11.0 Å². The van der Waals surface area contributed by atoms with Crippen LogP contribution in [0, 0.1) is 18.8 Å². The Morgan fingerprint density at radius 2 is 2.33 bits per heavy atom. The number of halogens is 1. The maximum atomic E-state index is 9.28. The molecule has 0 spiro atoms. The highest BCUT2D eigenvalue weighted by Crippen LogP contribution is 2.12. The van der Waals surface area contributed by atoms with Crippen LogP contribution in [0.25, 0.3) is 0 Å². The van der Waals surface area contributed by atoms with E-state index in [1.807, 2.05) is 6.92 Å². The SMILES string of the molecule is Cc1ccc(O)c(C#CCBr)n1. The van der Waals surface area contributed by atoms with E-state index < -0.39 is 0 Å². The van der Waals surface area contributed by atoms with Crippen molar-refractivity contribution in [2.45, 2.75) is 6.92 Å². The van der Waals surface area contributed by atoms with Crippen LogP contribution in [0.3, 0.4) is 0 Å². The van der Waals surface area contributed by atoms with E-state index in [-0.39, 0.29) is 5.75 Å². The third-order valence-corrected chi connectivity index (χ3v) is 1.57. The Morgan fingerprint density at radius 3 is 3.00 bits per heavy atom. The predicted molar refractivity (Wildman–Crippen MR) is 51.3 cm³/mol. The minimum Gasteiger partial charge on any atom is -0.505 e. The molecular formula is C9H8BrNO. The molecule has 0 radical (unpaired) electrons. The smallest absolute Gasteiger partial charge is 0.155 e. The highest BCUT2D eigenvalue weighted by Gasteiger charge is 1.97. The van der Waals surface area contributed by atoms with E-state index in [1.54, 1.807) is 12.1 Å². The normalized spacial score (nSPS) is 8.83. The molecule has 0 saturated heterocycles. The van der Waals surface area contributed by atoms with E-state index in [9.17, 15) is 5.11 Å². The Hall–Kier alpha value is -1.01. The third-order valence-electron chi connectivity index (χ3n) is 1.29. The standard InChI is InChI=1S/C9H8BrNO/c1-7-4-5-9(12)8(11-7)3-2-6-10/h4-5,12H,6H2,1H3. The lowest BCUT2D eigenvalue weighted by molar-refractivity contribution is 0.470. The minimum atomic E-state index is 0.133. The van der Waals surface area contributed by atoms with Gasteiger partial charge in [0.15, 0.2) is 5.69 Å². The van der Waals surface area contributed by atoms with Crippen LogP contribution in [-0.2, 0) is 0 Å². The summed E-state index contributed by atoms with van der Waals surface area (Å²) in [6.07, 6.45) is 0. The van der Waals surface area contributed by atoms with Crippen molar-refractivity contribution in [1.82, 2.24) is 4.98 Å². The van der Waals surface area contributed by atoms with Crippen molar-refractivity contribution in [1.29, 1.82) is 0 Å². The molecule has 12 heavy (non-hydrogen) atoms. The summed E-state index contributed by atoms with van der Waals surface area (Å²) < 4.78 is 0. The molecule has 2 nitrogen and oxygen atoms in total. The van der Waals surface area contributed by atoms with Crippen molar-refractivity contribution in [3.8, 4) is 17.6 Å². The summed E-state index contributed by atoms with van der Waals surface area (Å²) in [4.78, 5) is 4.07. The van der Waals surface area contributed by atoms with Gasteiger partial charge in [-0.15, -0.1) is 0 Å². The van der Waals surface area contributed by atoms with Crippen LogP contribution < -0.4 is 0 Å². The highest BCUT2D eigenvalue weighted by atomic mass is 79.9. The third kappa shape index (κ3) is 2.24. The molecule has 62 valence electrons. The van der Waals surface area contributed by atoms with Gasteiger partial charge in [-0.1, -0.05) is 21.9 Å². The van der Waals surface area contributed by atoms with Gasteiger partial charge in [0.2, 0.25) is 0 Å². The first-order chi connectivity index (χ1) is 5.74. The second-order valence-electron chi connectivity index (χ2n) is 2.26. The summed E-state index contributed by atoms with van der Waals surface area (Å²) in [5.74, 6) is 5.66. The first kappa shape index (κ1) is 9.08. The van der Waals surface area contributed by atoms with Crippen LogP contribution in [0.4, 0.5) is 0 Å². The summed E-state index contributed by atoms with van der Waals surface area (Å²) in [6, 6.07) is 3.34. The zero-order valence-corrected chi connectivity index (χ0v) is 8.22. The Kier molecular flexibility index (Phi) is 3.12. The number of aryl methyl sites for hydroxylation is 1. The molecule has 3 heteroatoms. The van der Waals surface area contributed by atoms with E-state index >= 15 is 0 Å². The number of aromatic hydroxyl groups is 1. The second-order valence-corrected chi connectivity index (χ2v) is 2.82. The summed E-state index contributed by atoms with van der Waals surface area (Å²) in [6.45, 7) is 1.86. The molecule has 0 aliphatic carbocycles. The lowest BCUT2D eigenvalue weighted by Crippen LogP contribution is -1.86. The highest BCUT2D eigenvalue weighted by molar-refractivity contribution is 9.09. The van der Waals surface area contributed by atoms with Crippen LogP contribution in [0.1, 0.15) is 11.4 Å². The number of hydrogen-bond donors (Lipinski definition) is 1. The van der Waals surface area contributed by atoms with Crippen LogP contribution in [0.5, 0.6) is 5.75 Å². The molecule has 0 fully saturated rings. The number of rotatable bonds is 0. The Bertz CT molecular complexity index is 338. The Morgan fingerprint density at radius 1 is 1.58 bits per heavy atom. The molecule has 1 rings (SSSR count). The molecule has 1 aromatic heterocycles. The maximum absolute atomic E-state index is 9.28. The average molecular weight is 226 g/mol.